The summed E-state index contributed by atoms with van der Waals surface area (Å²) >= 11 is 0. The summed E-state index contributed by atoms with van der Waals surface area (Å²) < 4.78 is 0.423. The molecule has 0 fully saturated rings. The Labute approximate surface area is 67.2 Å². The Morgan fingerprint density at radius 3 is 2.09 bits per heavy atom. The van der Waals surface area contributed by atoms with Crippen molar-refractivity contribution in [3.05, 3.63) is 0 Å². The van der Waals surface area contributed by atoms with Crippen LogP contribution >= 0.6 is 0 Å². The molecule has 0 aromatic carbocycles. The largest absolute Gasteiger partial charge is 0.477 e. The van der Waals surface area contributed by atoms with Gasteiger partial charge in [-0.15, -0.1) is 0 Å². The Bertz CT molecular complexity index is 140. The highest BCUT2D eigenvalue weighted by Gasteiger charge is 2.29. The smallest absolute Gasteiger partial charge is 0.362 e. The number of carboxylic acid groups (broad SMARTS) is 1. The molecule has 4 heteroatoms. The van der Waals surface area contributed by atoms with Gasteiger partial charge in [-0.1, -0.05) is 0 Å². The predicted molar refractivity (Wildman–Crippen MR) is 43.1 cm³/mol. The summed E-state index contributed by atoms with van der Waals surface area (Å²) in [7, 11) is 5.57. The number of quaternary nitrogens is 1. The highest BCUT2D eigenvalue weighted by atomic mass is 16.4. The zero-order valence-electron chi connectivity index (χ0n) is 7.37. The van der Waals surface area contributed by atoms with Crippen LogP contribution in [0.25, 0.3) is 0 Å². The van der Waals surface area contributed by atoms with Crippen molar-refractivity contribution in [2.75, 3.05) is 27.7 Å². The van der Waals surface area contributed by atoms with E-state index >= 15 is 0 Å². The number of aliphatic carboxylic acids is 1. The van der Waals surface area contributed by atoms with E-state index in [2.05, 4.69) is 0 Å². The molecule has 0 saturated heterocycles. The number of carboxylic acids is 1. The second-order valence-corrected chi connectivity index (χ2v) is 3.55. The third kappa shape index (κ3) is 3.34. The number of nitrogens with two attached hydrogens (primary N) is 1. The van der Waals surface area contributed by atoms with Crippen LogP contribution in [0.5, 0.6) is 0 Å². The normalized spacial score (nSPS) is 14.5. The van der Waals surface area contributed by atoms with Gasteiger partial charge in [0.25, 0.3) is 0 Å². The van der Waals surface area contributed by atoms with Crippen molar-refractivity contribution in [2.24, 2.45) is 5.73 Å². The summed E-state index contributed by atoms with van der Waals surface area (Å²) in [5, 5.41) is 8.77. The Morgan fingerprint density at radius 1 is 1.55 bits per heavy atom. The standard InChI is InChI=1S/C7H16N2O2/c1-9(2,3)6(4-5-8)7(10)11/h6H,4-5,8H2,1-3H3/p+1. The molecule has 0 amide bonds. The third-order valence-electron chi connectivity index (χ3n) is 1.66. The Balaban J connectivity index is 4.22. The minimum atomic E-state index is -0.775. The van der Waals surface area contributed by atoms with Crippen LogP contribution in [0.1, 0.15) is 6.42 Å². The van der Waals surface area contributed by atoms with E-state index in [-0.39, 0.29) is 6.04 Å². The SMILES string of the molecule is C[N+](C)(C)C(CCN)C(=O)O. The fourth-order valence-electron chi connectivity index (χ4n) is 1.000. The number of likely N-dealkylation sites (N-methyl/N-ethyl adjacent to an activating group) is 1. The van der Waals surface area contributed by atoms with Gasteiger partial charge in [0.15, 0.2) is 6.04 Å². The minimum Gasteiger partial charge on any atom is -0.477 e. The van der Waals surface area contributed by atoms with Crippen molar-refractivity contribution >= 4 is 5.97 Å². The molecular formula is C7H17N2O2+. The lowest BCUT2D eigenvalue weighted by Crippen LogP contribution is -2.50. The molecule has 1 unspecified atom stereocenters. The molecule has 3 N–H and O–H groups in total. The van der Waals surface area contributed by atoms with Gasteiger partial charge in [0.05, 0.1) is 21.1 Å². The predicted octanol–water partition coefficient (Wildman–Crippen LogP) is -0.505. The maximum atomic E-state index is 10.7. The summed E-state index contributed by atoms with van der Waals surface area (Å²) in [6.45, 7) is 0.423. The molecular weight excluding hydrogens is 144 g/mol. The van der Waals surface area contributed by atoms with Crippen LogP contribution in [0, 0.1) is 0 Å². The summed E-state index contributed by atoms with van der Waals surface area (Å²) in [5.74, 6) is -0.775. The quantitative estimate of drug-likeness (QED) is 0.546. The summed E-state index contributed by atoms with van der Waals surface area (Å²) in [6.07, 6.45) is 0.527. The molecule has 0 aliphatic rings. The van der Waals surface area contributed by atoms with Gasteiger partial charge < -0.3 is 15.3 Å². The molecule has 11 heavy (non-hydrogen) atoms. The van der Waals surface area contributed by atoms with E-state index < -0.39 is 5.97 Å². The molecule has 0 bridgehead atoms. The van der Waals surface area contributed by atoms with Gasteiger partial charge in [0.2, 0.25) is 0 Å². The first kappa shape index (κ1) is 10.4. The van der Waals surface area contributed by atoms with Gasteiger partial charge >= 0.3 is 5.97 Å². The monoisotopic (exact) mass is 161 g/mol. The van der Waals surface area contributed by atoms with Gasteiger partial charge in [-0.05, 0) is 6.54 Å². The van der Waals surface area contributed by atoms with E-state index in [0.717, 1.165) is 0 Å². The lowest BCUT2D eigenvalue weighted by molar-refractivity contribution is -0.887. The number of rotatable bonds is 4. The molecule has 0 heterocycles. The van der Waals surface area contributed by atoms with Gasteiger partial charge in [0, 0.05) is 6.42 Å². The lowest BCUT2D eigenvalue weighted by atomic mass is 10.1. The summed E-state index contributed by atoms with van der Waals surface area (Å²) in [4.78, 5) is 10.7. The van der Waals surface area contributed by atoms with Crippen molar-refractivity contribution in [1.82, 2.24) is 0 Å². The highest BCUT2D eigenvalue weighted by molar-refractivity contribution is 5.72. The average molecular weight is 161 g/mol. The molecule has 0 aliphatic heterocycles. The second-order valence-electron chi connectivity index (χ2n) is 3.55. The van der Waals surface area contributed by atoms with Crippen LogP contribution in [0.3, 0.4) is 0 Å². The maximum Gasteiger partial charge on any atom is 0.362 e. The van der Waals surface area contributed by atoms with Crippen molar-refractivity contribution in [2.45, 2.75) is 12.5 Å². The van der Waals surface area contributed by atoms with Gasteiger partial charge in [-0.25, -0.2) is 4.79 Å². The van der Waals surface area contributed by atoms with Crippen LogP contribution in [0.15, 0.2) is 0 Å². The van der Waals surface area contributed by atoms with Crippen LogP contribution in [0.4, 0.5) is 0 Å². The summed E-state index contributed by atoms with van der Waals surface area (Å²) in [5.41, 5.74) is 5.29. The molecule has 0 saturated carbocycles. The van der Waals surface area contributed by atoms with E-state index in [1.165, 1.54) is 0 Å². The number of hydrogen-bond donors (Lipinski definition) is 2. The van der Waals surface area contributed by atoms with E-state index in [1.807, 2.05) is 21.1 Å². The van der Waals surface area contributed by atoms with Gasteiger partial charge in [-0.3, -0.25) is 0 Å². The molecule has 0 aromatic heterocycles. The van der Waals surface area contributed by atoms with E-state index in [0.29, 0.717) is 17.4 Å². The van der Waals surface area contributed by atoms with Crippen LogP contribution in [-0.4, -0.2) is 49.3 Å². The highest BCUT2D eigenvalue weighted by Crippen LogP contribution is 2.06. The Kier molecular flexibility index (Phi) is 3.48. The zero-order chi connectivity index (χ0) is 9.07. The van der Waals surface area contributed by atoms with Crippen LogP contribution < -0.4 is 5.73 Å². The lowest BCUT2D eigenvalue weighted by Gasteiger charge is -2.30. The van der Waals surface area contributed by atoms with Crippen molar-refractivity contribution in [3.8, 4) is 0 Å². The molecule has 0 radical (unpaired) electrons. The average Bonchev–Trinajstić information content (AvgIpc) is 1.79. The summed E-state index contributed by atoms with van der Waals surface area (Å²) in [6, 6.07) is -0.389. The van der Waals surface area contributed by atoms with Crippen LogP contribution in [-0.2, 0) is 4.79 Å². The maximum absolute atomic E-state index is 10.7. The minimum absolute atomic E-state index is 0.389. The topological polar surface area (TPSA) is 63.3 Å². The van der Waals surface area contributed by atoms with Gasteiger partial charge in [-0.2, -0.15) is 0 Å². The first-order valence-corrected chi connectivity index (χ1v) is 3.63. The molecule has 4 nitrogen and oxygen atoms in total. The molecule has 0 rings (SSSR count). The van der Waals surface area contributed by atoms with E-state index in [9.17, 15) is 4.79 Å². The molecule has 66 valence electrons. The third-order valence-corrected chi connectivity index (χ3v) is 1.66. The number of hydrogen-bond acceptors (Lipinski definition) is 2. The molecule has 1 atom stereocenters. The van der Waals surface area contributed by atoms with Crippen molar-refractivity contribution in [1.29, 1.82) is 0 Å². The van der Waals surface area contributed by atoms with Crippen molar-refractivity contribution in [3.63, 3.8) is 0 Å². The fourth-order valence-corrected chi connectivity index (χ4v) is 1.000. The van der Waals surface area contributed by atoms with Crippen LogP contribution in [0.2, 0.25) is 0 Å². The zero-order valence-corrected chi connectivity index (χ0v) is 7.37. The molecule has 0 aromatic rings. The molecule has 0 spiro atoms. The Morgan fingerprint density at radius 2 is 2.00 bits per heavy atom. The first-order chi connectivity index (χ1) is 4.89. The van der Waals surface area contributed by atoms with Crippen molar-refractivity contribution < 1.29 is 14.4 Å². The van der Waals surface area contributed by atoms with E-state index in [4.69, 9.17) is 10.8 Å². The van der Waals surface area contributed by atoms with E-state index in [1.54, 1.807) is 0 Å². The number of nitrogens with zero attached hydrogens (tertiary/aromatic N) is 1. The Hall–Kier alpha value is -0.610. The van der Waals surface area contributed by atoms with Gasteiger partial charge in [0.1, 0.15) is 0 Å². The number of carbonyl (C=O) groups is 1. The second kappa shape index (κ2) is 3.69. The fraction of sp³-hybridized carbons (Fsp3) is 0.857. The molecule has 0 aliphatic carbocycles. The first-order valence-electron chi connectivity index (χ1n) is 3.63.